The maximum Gasteiger partial charge on any atom is 0.264 e. The first-order chi connectivity index (χ1) is 19.6. The Hall–Kier alpha value is -2.74. The zero-order valence-corrected chi connectivity index (χ0v) is 25.1. The zero-order chi connectivity index (χ0) is 28.8. The van der Waals surface area contributed by atoms with Crippen molar-refractivity contribution in [2.45, 2.75) is 116 Å². The molecule has 2 aromatic rings. The molecule has 4 saturated carbocycles. The van der Waals surface area contributed by atoms with Crippen LogP contribution in [0.5, 0.6) is 0 Å². The summed E-state index contributed by atoms with van der Waals surface area (Å²) in [6.07, 6.45) is 14.9. The molecule has 5 aliphatic rings. The van der Waals surface area contributed by atoms with Gasteiger partial charge in [0.25, 0.3) is 5.56 Å². The van der Waals surface area contributed by atoms with Crippen LogP contribution in [0.2, 0.25) is 0 Å². The van der Waals surface area contributed by atoms with Gasteiger partial charge in [0.1, 0.15) is 11.9 Å². The van der Waals surface area contributed by atoms with Gasteiger partial charge in [-0.3, -0.25) is 24.3 Å². The predicted octanol–water partition coefficient (Wildman–Crippen LogP) is 5.38. The molecule has 1 unspecified atom stereocenters. The van der Waals surface area contributed by atoms with E-state index in [4.69, 9.17) is 0 Å². The molecule has 41 heavy (non-hydrogen) atoms. The number of carbonyl (C=O) groups excluding carboxylic acids is 2. The van der Waals surface area contributed by atoms with Gasteiger partial charge < -0.3 is 10.6 Å². The molecule has 1 aliphatic heterocycles. The number of nitrogens with zero attached hydrogens (tertiary/aromatic N) is 2. The summed E-state index contributed by atoms with van der Waals surface area (Å²) in [5, 5.41) is 10.4. The van der Waals surface area contributed by atoms with E-state index in [-0.39, 0.29) is 17.9 Å². The Kier molecular flexibility index (Phi) is 7.50. The van der Waals surface area contributed by atoms with E-state index < -0.39 is 11.9 Å². The molecule has 4 aliphatic carbocycles. The topological polar surface area (TPSA) is 105 Å². The first-order valence-corrected chi connectivity index (χ1v) is 15.9. The fourth-order valence-electron chi connectivity index (χ4n) is 9.80. The van der Waals surface area contributed by atoms with Gasteiger partial charge in [0.2, 0.25) is 11.8 Å². The van der Waals surface area contributed by atoms with Crippen LogP contribution in [0.15, 0.2) is 23.0 Å². The number of rotatable bonds is 11. The molecule has 7 rings (SSSR count). The van der Waals surface area contributed by atoms with Crippen LogP contribution >= 0.6 is 0 Å². The van der Waals surface area contributed by atoms with Gasteiger partial charge in [-0.25, -0.2) is 4.98 Å². The van der Waals surface area contributed by atoms with Crippen LogP contribution in [-0.2, 0) is 9.59 Å². The molecule has 8 heteroatoms. The lowest BCUT2D eigenvalue weighted by Gasteiger charge is -2.65. The Bertz CT molecular complexity index is 1380. The summed E-state index contributed by atoms with van der Waals surface area (Å²) in [5.41, 5.74) is 2.66. The van der Waals surface area contributed by atoms with E-state index in [0.717, 1.165) is 37.5 Å². The maximum atomic E-state index is 13.6. The standard InChI is InChI=1S/C33H47N5O3/c1-22-36-25-11-9-10-24(28(25)30(41)38(22)26-12-13-27(39)37-29(26)40)34-14-7-5-4-6-8-15-35-33-18-23-16-31(2,20-33)19-32(3,17-23)21-33/h9-11,23,26,34-35H,4-8,12-21H2,1-3H3,(H,37,39,40)/t23?,26?,31-,32-,33?/m1/s1. The van der Waals surface area contributed by atoms with Gasteiger partial charge in [0.05, 0.1) is 10.9 Å². The van der Waals surface area contributed by atoms with Crippen molar-refractivity contribution < 1.29 is 9.59 Å². The number of hydrogen-bond donors (Lipinski definition) is 3. The average Bonchev–Trinajstić information content (AvgIpc) is 2.86. The Morgan fingerprint density at radius 1 is 0.951 bits per heavy atom. The molecule has 3 N–H and O–H groups in total. The van der Waals surface area contributed by atoms with Gasteiger partial charge in [-0.15, -0.1) is 0 Å². The quantitative estimate of drug-likeness (QED) is 0.251. The predicted molar refractivity (Wildman–Crippen MR) is 162 cm³/mol. The van der Waals surface area contributed by atoms with Crippen molar-refractivity contribution >= 4 is 28.4 Å². The van der Waals surface area contributed by atoms with Crippen LogP contribution < -0.4 is 21.5 Å². The minimum absolute atomic E-state index is 0.219. The number of aryl methyl sites for hydroxylation is 1. The van der Waals surface area contributed by atoms with E-state index in [0.29, 0.717) is 39.5 Å². The number of fused-ring (bicyclic) bond motifs is 1. The minimum Gasteiger partial charge on any atom is -0.384 e. The summed E-state index contributed by atoms with van der Waals surface area (Å²) >= 11 is 0. The van der Waals surface area contributed by atoms with E-state index in [1.54, 1.807) is 6.92 Å². The fourth-order valence-corrected chi connectivity index (χ4v) is 9.80. The first kappa shape index (κ1) is 28.4. The molecule has 1 aromatic heterocycles. The number of aromatic nitrogens is 2. The molecule has 1 aromatic carbocycles. The van der Waals surface area contributed by atoms with Gasteiger partial charge in [-0.05, 0) is 100 Å². The van der Waals surface area contributed by atoms with Gasteiger partial charge in [0, 0.05) is 24.2 Å². The summed E-state index contributed by atoms with van der Waals surface area (Å²) in [6.45, 7) is 8.75. The highest BCUT2D eigenvalue weighted by Crippen LogP contribution is 2.66. The summed E-state index contributed by atoms with van der Waals surface area (Å²) in [4.78, 5) is 42.3. The van der Waals surface area contributed by atoms with Crippen molar-refractivity contribution in [3.63, 3.8) is 0 Å². The number of amides is 2. The normalized spacial score (nSPS) is 32.5. The minimum atomic E-state index is -0.714. The van der Waals surface area contributed by atoms with Gasteiger partial charge in [-0.2, -0.15) is 0 Å². The number of unbranched alkanes of at least 4 members (excludes halogenated alkanes) is 4. The van der Waals surface area contributed by atoms with E-state index in [1.807, 2.05) is 18.2 Å². The van der Waals surface area contributed by atoms with Crippen LogP contribution in [0, 0.1) is 23.7 Å². The summed E-state index contributed by atoms with van der Waals surface area (Å²) in [7, 11) is 0. The Labute approximate surface area is 243 Å². The second-order valence-corrected chi connectivity index (χ2v) is 14.5. The van der Waals surface area contributed by atoms with Crippen molar-refractivity contribution in [3.8, 4) is 0 Å². The van der Waals surface area contributed by atoms with Gasteiger partial charge in [0.15, 0.2) is 0 Å². The van der Waals surface area contributed by atoms with Crippen LogP contribution in [0.1, 0.15) is 109 Å². The number of benzene rings is 1. The molecule has 222 valence electrons. The van der Waals surface area contributed by atoms with E-state index in [9.17, 15) is 14.4 Å². The molecular weight excluding hydrogens is 514 g/mol. The van der Waals surface area contributed by atoms with Crippen LogP contribution in [-0.4, -0.2) is 40.0 Å². The smallest absolute Gasteiger partial charge is 0.264 e. The number of carbonyl (C=O) groups is 2. The number of anilines is 1. The SMILES string of the molecule is Cc1nc2cccc(NCCCCCCCNC34CC5C[C@@](C)(C3)C[C@@](C)(C5)C4)c2c(=O)n1C1CCC(=O)NC1=O. The third-order valence-corrected chi connectivity index (χ3v) is 10.4. The molecular formula is C33H47N5O3. The van der Waals surface area contributed by atoms with Gasteiger partial charge in [-0.1, -0.05) is 39.2 Å². The van der Waals surface area contributed by atoms with Crippen molar-refractivity contribution in [2.24, 2.45) is 16.7 Å². The molecule has 2 amide bonds. The maximum absolute atomic E-state index is 13.6. The molecule has 0 radical (unpaired) electrons. The third kappa shape index (κ3) is 5.69. The lowest BCUT2D eigenvalue weighted by Crippen LogP contribution is -2.64. The third-order valence-electron chi connectivity index (χ3n) is 10.4. The van der Waals surface area contributed by atoms with Crippen molar-refractivity contribution in [3.05, 3.63) is 34.4 Å². The van der Waals surface area contributed by atoms with Crippen molar-refractivity contribution in [2.75, 3.05) is 18.4 Å². The molecule has 2 heterocycles. The Balaban J connectivity index is 0.974. The molecule has 5 fully saturated rings. The second-order valence-electron chi connectivity index (χ2n) is 14.5. The highest BCUT2D eigenvalue weighted by atomic mass is 16.2. The molecule has 0 spiro atoms. The van der Waals surface area contributed by atoms with Crippen LogP contribution in [0.3, 0.4) is 0 Å². The summed E-state index contributed by atoms with van der Waals surface area (Å²) < 4.78 is 1.45. The lowest BCUT2D eigenvalue weighted by atomic mass is 9.43. The number of piperidine rings is 1. The molecule has 3 atom stereocenters. The molecule has 1 saturated heterocycles. The average molecular weight is 562 g/mol. The van der Waals surface area contributed by atoms with E-state index >= 15 is 0 Å². The highest BCUT2D eigenvalue weighted by Gasteiger charge is 2.59. The largest absolute Gasteiger partial charge is 0.384 e. The fraction of sp³-hybridized carbons (Fsp3) is 0.697. The summed E-state index contributed by atoms with van der Waals surface area (Å²) in [5.74, 6) is 0.684. The highest BCUT2D eigenvalue weighted by molar-refractivity contribution is 5.99. The van der Waals surface area contributed by atoms with Crippen molar-refractivity contribution in [1.82, 2.24) is 20.2 Å². The number of hydrogen-bond acceptors (Lipinski definition) is 6. The first-order valence-electron chi connectivity index (χ1n) is 15.9. The monoisotopic (exact) mass is 561 g/mol. The van der Waals surface area contributed by atoms with Gasteiger partial charge >= 0.3 is 0 Å². The second kappa shape index (κ2) is 10.8. The molecule has 8 nitrogen and oxygen atoms in total. The van der Waals surface area contributed by atoms with E-state index in [2.05, 4.69) is 34.8 Å². The zero-order valence-electron chi connectivity index (χ0n) is 25.1. The van der Waals surface area contributed by atoms with Crippen molar-refractivity contribution in [1.29, 1.82) is 0 Å². The number of imide groups is 1. The number of nitrogens with one attached hydrogen (secondary N) is 3. The van der Waals surface area contributed by atoms with Crippen LogP contribution in [0.4, 0.5) is 5.69 Å². The molecule has 4 bridgehead atoms. The Morgan fingerprint density at radius 2 is 1.66 bits per heavy atom. The lowest BCUT2D eigenvalue weighted by molar-refractivity contribution is -0.135. The van der Waals surface area contributed by atoms with E-state index in [1.165, 1.54) is 62.4 Å². The Morgan fingerprint density at radius 3 is 2.37 bits per heavy atom. The van der Waals surface area contributed by atoms with Crippen LogP contribution in [0.25, 0.3) is 10.9 Å². The summed E-state index contributed by atoms with van der Waals surface area (Å²) in [6, 6.07) is 4.94.